The van der Waals surface area contributed by atoms with Gasteiger partial charge in [0.05, 0.1) is 12.3 Å². The molecule has 0 radical (unpaired) electrons. The van der Waals surface area contributed by atoms with Crippen LogP contribution in [0, 0.1) is 9.39 Å². The van der Waals surface area contributed by atoms with Crippen molar-refractivity contribution in [2.24, 2.45) is 0 Å². The molecule has 0 unspecified atom stereocenters. The lowest BCUT2D eigenvalue weighted by Crippen LogP contribution is -2.05. The van der Waals surface area contributed by atoms with Crippen LogP contribution in [-0.4, -0.2) is 12.6 Å². The quantitative estimate of drug-likeness (QED) is 0.588. The third-order valence-corrected chi connectivity index (χ3v) is 5.19. The molecule has 2 N–H and O–H groups in total. The number of hydrogen-bond donors (Lipinski definition) is 1. The molecule has 6 heteroatoms. The minimum Gasteiger partial charge on any atom is -0.462 e. The number of carbonyl (C=O) groups excluding carboxylic acids is 1. The maximum Gasteiger partial charge on any atom is 0.350 e. The Bertz CT molecular complexity index is 685. The first-order chi connectivity index (χ1) is 9.99. The molecular formula is C15H15FINO2S. The van der Waals surface area contributed by atoms with Crippen LogP contribution in [0.15, 0.2) is 18.2 Å². The number of carbonyl (C=O) groups is 1. The van der Waals surface area contributed by atoms with Crippen molar-refractivity contribution >= 4 is 45.6 Å². The Labute approximate surface area is 140 Å². The van der Waals surface area contributed by atoms with Crippen LogP contribution in [0.4, 0.5) is 10.1 Å². The van der Waals surface area contributed by atoms with Gasteiger partial charge in [0.25, 0.3) is 0 Å². The van der Waals surface area contributed by atoms with Crippen molar-refractivity contribution in [3.05, 3.63) is 38.0 Å². The van der Waals surface area contributed by atoms with Gasteiger partial charge in [0.1, 0.15) is 10.7 Å². The van der Waals surface area contributed by atoms with Crippen LogP contribution in [0.2, 0.25) is 0 Å². The van der Waals surface area contributed by atoms with Crippen LogP contribution in [0.1, 0.15) is 29.1 Å². The zero-order chi connectivity index (χ0) is 15.6. The number of esters is 1. The average Bonchev–Trinajstić information content (AvgIpc) is 2.76. The van der Waals surface area contributed by atoms with Crippen molar-refractivity contribution in [1.82, 2.24) is 0 Å². The zero-order valence-electron chi connectivity index (χ0n) is 11.7. The van der Waals surface area contributed by atoms with Crippen molar-refractivity contribution in [1.29, 1.82) is 0 Å². The fraction of sp³-hybridized carbons (Fsp3) is 0.267. The van der Waals surface area contributed by atoms with Gasteiger partial charge in [0.2, 0.25) is 0 Å². The number of rotatable bonds is 4. The van der Waals surface area contributed by atoms with E-state index in [0.717, 1.165) is 19.6 Å². The van der Waals surface area contributed by atoms with Crippen LogP contribution in [0.25, 0.3) is 10.4 Å². The summed E-state index contributed by atoms with van der Waals surface area (Å²) in [5.41, 5.74) is 8.36. The lowest BCUT2D eigenvalue weighted by Gasteiger charge is -2.05. The van der Waals surface area contributed by atoms with Gasteiger partial charge in [-0.05, 0) is 59.7 Å². The molecule has 112 valence electrons. The Morgan fingerprint density at radius 3 is 2.71 bits per heavy atom. The molecule has 0 amide bonds. The van der Waals surface area contributed by atoms with Crippen molar-refractivity contribution < 1.29 is 13.9 Å². The number of hydrogen-bond acceptors (Lipinski definition) is 4. The lowest BCUT2D eigenvalue weighted by atomic mass is 10.1. The normalized spacial score (nSPS) is 10.7. The smallest absolute Gasteiger partial charge is 0.350 e. The van der Waals surface area contributed by atoms with E-state index in [1.165, 1.54) is 23.5 Å². The summed E-state index contributed by atoms with van der Waals surface area (Å²) in [6.07, 6.45) is 0.699. The molecule has 2 aromatic rings. The summed E-state index contributed by atoms with van der Waals surface area (Å²) in [6.45, 7) is 4.04. The summed E-state index contributed by atoms with van der Waals surface area (Å²) in [6, 6.07) is 4.60. The molecule has 1 heterocycles. The van der Waals surface area contributed by atoms with E-state index in [4.69, 9.17) is 10.5 Å². The Kier molecular flexibility index (Phi) is 5.21. The van der Waals surface area contributed by atoms with Gasteiger partial charge in [-0.1, -0.05) is 6.92 Å². The first-order valence-corrected chi connectivity index (χ1v) is 8.42. The molecule has 0 saturated carbocycles. The SMILES string of the molecule is CCOC(=O)c1sc(-c2ccc(F)cc2I)c(CC)c1N. The van der Waals surface area contributed by atoms with Gasteiger partial charge in [0, 0.05) is 14.0 Å². The Morgan fingerprint density at radius 1 is 1.43 bits per heavy atom. The topological polar surface area (TPSA) is 52.3 Å². The summed E-state index contributed by atoms with van der Waals surface area (Å²) < 4.78 is 19.1. The molecular weight excluding hydrogens is 404 g/mol. The maximum atomic E-state index is 13.3. The van der Waals surface area contributed by atoms with Crippen molar-refractivity contribution in [3.63, 3.8) is 0 Å². The van der Waals surface area contributed by atoms with Crippen molar-refractivity contribution in [2.75, 3.05) is 12.3 Å². The highest BCUT2D eigenvalue weighted by atomic mass is 127. The van der Waals surface area contributed by atoms with Crippen LogP contribution in [0.5, 0.6) is 0 Å². The minimum absolute atomic E-state index is 0.281. The highest BCUT2D eigenvalue weighted by Gasteiger charge is 2.22. The van der Waals surface area contributed by atoms with Crippen molar-refractivity contribution in [3.8, 4) is 10.4 Å². The van der Waals surface area contributed by atoms with Crippen LogP contribution in [0.3, 0.4) is 0 Å². The molecule has 21 heavy (non-hydrogen) atoms. The van der Waals surface area contributed by atoms with E-state index >= 15 is 0 Å². The average molecular weight is 419 g/mol. The van der Waals surface area contributed by atoms with Gasteiger partial charge < -0.3 is 10.5 Å². The predicted molar refractivity (Wildman–Crippen MR) is 92.2 cm³/mol. The van der Waals surface area contributed by atoms with E-state index in [1.807, 2.05) is 6.92 Å². The predicted octanol–water partition coefficient (Wildman–Crippen LogP) is 4.48. The fourth-order valence-corrected chi connectivity index (χ4v) is 4.24. The molecule has 0 aliphatic carbocycles. The second-order valence-corrected chi connectivity index (χ2v) is 6.53. The number of ether oxygens (including phenoxy) is 1. The summed E-state index contributed by atoms with van der Waals surface area (Å²) in [5.74, 6) is -0.686. The molecule has 0 fully saturated rings. The molecule has 0 aliphatic rings. The van der Waals surface area contributed by atoms with E-state index < -0.39 is 5.97 Å². The second-order valence-electron chi connectivity index (χ2n) is 4.35. The lowest BCUT2D eigenvalue weighted by molar-refractivity contribution is 0.0533. The summed E-state index contributed by atoms with van der Waals surface area (Å²) in [7, 11) is 0. The Hall–Kier alpha value is -1.15. The van der Waals surface area contributed by atoms with Gasteiger partial charge in [-0.3, -0.25) is 0 Å². The number of nitrogens with two attached hydrogens (primary N) is 1. The second kappa shape index (κ2) is 6.74. The van der Waals surface area contributed by atoms with E-state index in [0.29, 0.717) is 23.6 Å². The van der Waals surface area contributed by atoms with Gasteiger partial charge >= 0.3 is 5.97 Å². The molecule has 0 bridgehead atoms. The van der Waals surface area contributed by atoms with Crippen LogP contribution >= 0.6 is 33.9 Å². The van der Waals surface area contributed by atoms with Crippen LogP contribution in [-0.2, 0) is 11.2 Å². The van der Waals surface area contributed by atoms with E-state index in [9.17, 15) is 9.18 Å². The summed E-state index contributed by atoms with van der Waals surface area (Å²) in [5, 5.41) is 0. The largest absolute Gasteiger partial charge is 0.462 e. The molecule has 2 rings (SSSR count). The third-order valence-electron chi connectivity index (χ3n) is 3.04. The van der Waals surface area contributed by atoms with E-state index in [-0.39, 0.29) is 5.82 Å². The van der Waals surface area contributed by atoms with Crippen LogP contribution < -0.4 is 5.73 Å². The monoisotopic (exact) mass is 419 g/mol. The van der Waals surface area contributed by atoms with Gasteiger partial charge in [0.15, 0.2) is 0 Å². The maximum absolute atomic E-state index is 13.3. The molecule has 0 spiro atoms. The summed E-state index contributed by atoms with van der Waals surface area (Å²) >= 11 is 3.39. The first kappa shape index (κ1) is 16.2. The van der Waals surface area contributed by atoms with E-state index in [1.54, 1.807) is 13.0 Å². The van der Waals surface area contributed by atoms with Gasteiger partial charge in [-0.2, -0.15) is 0 Å². The number of anilines is 1. The molecule has 1 aromatic carbocycles. The minimum atomic E-state index is -0.405. The van der Waals surface area contributed by atoms with Gasteiger partial charge in [-0.15, -0.1) is 11.3 Å². The molecule has 0 aliphatic heterocycles. The summed E-state index contributed by atoms with van der Waals surface area (Å²) in [4.78, 5) is 13.3. The molecule has 0 saturated heterocycles. The Balaban J connectivity index is 2.58. The fourth-order valence-electron chi connectivity index (χ4n) is 2.07. The number of thiophene rings is 1. The first-order valence-electron chi connectivity index (χ1n) is 6.53. The molecule has 3 nitrogen and oxygen atoms in total. The Morgan fingerprint density at radius 2 is 2.14 bits per heavy atom. The molecule has 0 atom stereocenters. The molecule has 1 aromatic heterocycles. The zero-order valence-corrected chi connectivity index (χ0v) is 14.7. The number of nitrogen functional groups attached to an aromatic ring is 1. The number of benzene rings is 1. The van der Waals surface area contributed by atoms with Gasteiger partial charge in [-0.25, -0.2) is 9.18 Å². The highest BCUT2D eigenvalue weighted by molar-refractivity contribution is 14.1. The standard InChI is InChI=1S/C15H15FINO2S/c1-3-9-12(18)14(15(19)20-4-2)21-13(9)10-6-5-8(16)7-11(10)17/h5-7H,3-4,18H2,1-2H3. The highest BCUT2D eigenvalue weighted by Crippen LogP contribution is 2.41. The number of halogens is 2. The van der Waals surface area contributed by atoms with E-state index in [2.05, 4.69) is 22.6 Å². The third kappa shape index (κ3) is 3.21. The van der Waals surface area contributed by atoms with Crippen molar-refractivity contribution in [2.45, 2.75) is 20.3 Å².